The molecule has 0 saturated carbocycles. The quantitative estimate of drug-likeness (QED) is 0.667. The maximum absolute atomic E-state index is 13.2. The van der Waals surface area contributed by atoms with Crippen LogP contribution in [0.25, 0.3) is 0 Å². The van der Waals surface area contributed by atoms with Crippen LogP contribution in [0.2, 0.25) is 0 Å². The van der Waals surface area contributed by atoms with Crippen molar-refractivity contribution in [2.45, 2.75) is 45.7 Å². The van der Waals surface area contributed by atoms with Crippen LogP contribution in [0.5, 0.6) is 5.75 Å². The van der Waals surface area contributed by atoms with Gasteiger partial charge in [0, 0.05) is 13.1 Å². The molecule has 4 nitrogen and oxygen atoms in total. The van der Waals surface area contributed by atoms with Gasteiger partial charge < -0.3 is 10.1 Å². The second-order valence-electron chi connectivity index (χ2n) is 8.66. The molecule has 1 saturated heterocycles. The van der Waals surface area contributed by atoms with Crippen molar-refractivity contribution in [3.8, 4) is 5.75 Å². The van der Waals surface area contributed by atoms with E-state index in [2.05, 4.69) is 24.1 Å². The molecule has 0 spiro atoms. The molecule has 2 aromatic carbocycles. The molecular weight excluding hydrogens is 379 g/mol. The van der Waals surface area contributed by atoms with Crippen molar-refractivity contribution in [3.05, 3.63) is 65.5 Å². The number of nitrogens with one attached hydrogen (secondary N) is 1. The number of piperidine rings is 1. The number of carbonyl (C=O) groups excluding carboxylic acids is 1. The van der Waals surface area contributed by atoms with Crippen LogP contribution in [0, 0.1) is 17.7 Å². The van der Waals surface area contributed by atoms with Crippen molar-refractivity contribution < 1.29 is 13.9 Å². The van der Waals surface area contributed by atoms with Gasteiger partial charge >= 0.3 is 0 Å². The van der Waals surface area contributed by atoms with E-state index >= 15 is 0 Å². The van der Waals surface area contributed by atoms with Crippen molar-refractivity contribution in [2.24, 2.45) is 11.8 Å². The molecule has 30 heavy (non-hydrogen) atoms. The molecule has 1 N–H and O–H groups in total. The van der Waals surface area contributed by atoms with Gasteiger partial charge in [-0.2, -0.15) is 0 Å². The van der Waals surface area contributed by atoms with Crippen LogP contribution < -0.4 is 10.1 Å². The summed E-state index contributed by atoms with van der Waals surface area (Å²) < 4.78 is 18.4. The van der Waals surface area contributed by atoms with Gasteiger partial charge in [0.1, 0.15) is 11.6 Å². The molecule has 0 radical (unpaired) electrons. The minimum atomic E-state index is -0.218. The van der Waals surface area contributed by atoms with Crippen molar-refractivity contribution in [2.75, 3.05) is 20.2 Å². The fourth-order valence-corrected chi connectivity index (χ4v) is 4.14. The van der Waals surface area contributed by atoms with Crippen molar-refractivity contribution in [3.63, 3.8) is 0 Å². The first-order valence-corrected chi connectivity index (χ1v) is 10.9. The second kappa shape index (κ2) is 10.6. The van der Waals surface area contributed by atoms with Gasteiger partial charge in [-0.25, -0.2) is 4.39 Å². The molecule has 1 amide bonds. The Kier molecular flexibility index (Phi) is 7.86. The SMILES string of the molecule is COc1ccc([C@@H](CC(C)C)NC(=O)[C@H]2CCCN(Cc3ccc(F)cc3)C2)cc1. The molecule has 5 heteroatoms. The highest BCUT2D eigenvalue weighted by Crippen LogP contribution is 2.26. The lowest BCUT2D eigenvalue weighted by Gasteiger charge is -2.33. The summed E-state index contributed by atoms with van der Waals surface area (Å²) in [5.41, 5.74) is 2.19. The molecule has 0 unspecified atom stereocenters. The van der Waals surface area contributed by atoms with E-state index in [9.17, 15) is 9.18 Å². The average Bonchev–Trinajstić information content (AvgIpc) is 2.75. The Hall–Kier alpha value is -2.40. The number of carbonyl (C=O) groups is 1. The van der Waals surface area contributed by atoms with Gasteiger partial charge in [-0.05, 0) is 67.1 Å². The largest absolute Gasteiger partial charge is 0.497 e. The normalized spacial score (nSPS) is 18.2. The van der Waals surface area contributed by atoms with E-state index in [1.807, 2.05) is 36.4 Å². The minimum Gasteiger partial charge on any atom is -0.497 e. The number of rotatable bonds is 8. The molecule has 1 fully saturated rings. The van der Waals surface area contributed by atoms with E-state index in [4.69, 9.17) is 4.74 Å². The van der Waals surface area contributed by atoms with Gasteiger partial charge in [-0.15, -0.1) is 0 Å². The first-order valence-electron chi connectivity index (χ1n) is 10.9. The summed E-state index contributed by atoms with van der Waals surface area (Å²) in [7, 11) is 1.66. The van der Waals surface area contributed by atoms with E-state index in [1.54, 1.807) is 7.11 Å². The monoisotopic (exact) mass is 412 g/mol. The molecule has 1 aliphatic rings. The molecule has 162 valence electrons. The third-order valence-electron chi connectivity index (χ3n) is 5.74. The van der Waals surface area contributed by atoms with E-state index in [-0.39, 0.29) is 23.7 Å². The smallest absolute Gasteiger partial charge is 0.224 e. The van der Waals surface area contributed by atoms with Crippen molar-refractivity contribution in [1.82, 2.24) is 10.2 Å². The summed E-state index contributed by atoms with van der Waals surface area (Å²) in [6.45, 7) is 6.80. The maximum Gasteiger partial charge on any atom is 0.224 e. The number of amides is 1. The van der Waals surface area contributed by atoms with Crippen LogP contribution in [0.15, 0.2) is 48.5 Å². The summed E-state index contributed by atoms with van der Waals surface area (Å²) >= 11 is 0. The zero-order valence-electron chi connectivity index (χ0n) is 18.2. The number of benzene rings is 2. The van der Waals surface area contributed by atoms with Crippen LogP contribution in [0.3, 0.4) is 0 Å². The molecule has 0 aromatic heterocycles. The summed E-state index contributed by atoms with van der Waals surface area (Å²) in [4.78, 5) is 15.4. The highest BCUT2D eigenvalue weighted by Gasteiger charge is 2.28. The third kappa shape index (κ3) is 6.30. The van der Waals surface area contributed by atoms with E-state index in [0.717, 1.165) is 55.8 Å². The van der Waals surface area contributed by atoms with Crippen LogP contribution in [0.4, 0.5) is 4.39 Å². The van der Waals surface area contributed by atoms with Crippen LogP contribution in [-0.4, -0.2) is 31.0 Å². The van der Waals surface area contributed by atoms with Gasteiger partial charge in [0.05, 0.1) is 19.1 Å². The van der Waals surface area contributed by atoms with Crippen LogP contribution in [-0.2, 0) is 11.3 Å². The number of hydrogen-bond donors (Lipinski definition) is 1. The number of ether oxygens (including phenoxy) is 1. The molecule has 3 rings (SSSR count). The second-order valence-corrected chi connectivity index (χ2v) is 8.66. The lowest BCUT2D eigenvalue weighted by atomic mass is 9.93. The zero-order chi connectivity index (χ0) is 21.5. The highest BCUT2D eigenvalue weighted by atomic mass is 19.1. The van der Waals surface area contributed by atoms with Crippen LogP contribution >= 0.6 is 0 Å². The molecule has 2 atom stereocenters. The van der Waals surface area contributed by atoms with Gasteiger partial charge in [0.15, 0.2) is 0 Å². The lowest BCUT2D eigenvalue weighted by Crippen LogP contribution is -2.43. The molecule has 1 aliphatic heterocycles. The fraction of sp³-hybridized carbons (Fsp3) is 0.480. The van der Waals surface area contributed by atoms with E-state index in [0.29, 0.717) is 5.92 Å². The Morgan fingerprint density at radius 1 is 1.17 bits per heavy atom. The van der Waals surface area contributed by atoms with Gasteiger partial charge in [0.25, 0.3) is 0 Å². The number of methoxy groups -OCH3 is 1. The van der Waals surface area contributed by atoms with Crippen molar-refractivity contribution in [1.29, 1.82) is 0 Å². The average molecular weight is 413 g/mol. The molecular formula is C25H33FN2O2. The first kappa shape index (κ1) is 22.3. The van der Waals surface area contributed by atoms with Gasteiger partial charge in [0.2, 0.25) is 5.91 Å². The highest BCUT2D eigenvalue weighted by molar-refractivity contribution is 5.79. The maximum atomic E-state index is 13.2. The minimum absolute atomic E-state index is 0.00381. The Balaban J connectivity index is 1.62. The third-order valence-corrected chi connectivity index (χ3v) is 5.74. The van der Waals surface area contributed by atoms with E-state index in [1.165, 1.54) is 12.1 Å². The fourth-order valence-electron chi connectivity index (χ4n) is 4.14. The molecule has 1 heterocycles. The summed E-state index contributed by atoms with van der Waals surface area (Å²) in [5.74, 6) is 1.17. The number of halogens is 1. The molecule has 0 bridgehead atoms. The predicted molar refractivity (Wildman–Crippen MR) is 118 cm³/mol. The Morgan fingerprint density at radius 2 is 1.87 bits per heavy atom. The van der Waals surface area contributed by atoms with E-state index < -0.39 is 0 Å². The Bertz CT molecular complexity index is 805. The first-order chi connectivity index (χ1) is 14.4. The van der Waals surface area contributed by atoms with Crippen molar-refractivity contribution >= 4 is 5.91 Å². The standard InChI is InChI=1S/C25H33FN2O2/c1-18(2)15-24(20-8-12-23(30-3)13-9-20)27-25(29)21-5-4-14-28(17-21)16-19-6-10-22(26)11-7-19/h6-13,18,21,24H,4-5,14-17H2,1-3H3,(H,27,29)/t21-,24+/m0/s1. The number of likely N-dealkylation sites (tertiary alicyclic amines) is 1. The molecule has 2 aromatic rings. The summed E-state index contributed by atoms with van der Waals surface area (Å²) in [6.07, 6.45) is 2.80. The summed E-state index contributed by atoms with van der Waals surface area (Å²) in [5, 5.41) is 3.31. The van der Waals surface area contributed by atoms with Gasteiger partial charge in [-0.3, -0.25) is 9.69 Å². The lowest BCUT2D eigenvalue weighted by molar-refractivity contribution is -0.127. The number of hydrogen-bond acceptors (Lipinski definition) is 3. The Morgan fingerprint density at radius 3 is 2.50 bits per heavy atom. The van der Waals surface area contributed by atoms with Crippen LogP contribution in [0.1, 0.15) is 50.3 Å². The molecule has 0 aliphatic carbocycles. The number of nitrogens with zero attached hydrogens (tertiary/aromatic N) is 1. The predicted octanol–water partition coefficient (Wildman–Crippen LogP) is 4.95. The topological polar surface area (TPSA) is 41.6 Å². The Labute approximate surface area is 179 Å². The van der Waals surface area contributed by atoms with Gasteiger partial charge in [-0.1, -0.05) is 38.1 Å². The zero-order valence-corrected chi connectivity index (χ0v) is 18.2. The summed E-state index contributed by atoms with van der Waals surface area (Å²) in [6, 6.07) is 14.6.